The number of fused-ring (bicyclic) bond motifs is 1. The molecule has 0 aliphatic carbocycles. The third-order valence-corrected chi connectivity index (χ3v) is 2.90. The average molecular weight is 291 g/mol. The molecule has 2 rings (SSSR count). The molecule has 0 unspecified atom stereocenters. The standard InChI is InChI=1S/C13H18BN3O4/c1-12(2,18)4-3-8-5-9-6-10(15)11(7-17(9)16-8)21-13(14,19)20/h5-7,18-20H,3-4,15H2,1-2H3. The Hall–Kier alpha value is -1.77. The number of nitrogens with two attached hydrogens (primary N) is 1. The van der Waals surface area contributed by atoms with Gasteiger partial charge in [0.25, 0.3) is 5.87 Å². The molecule has 0 bridgehead atoms. The molecule has 8 heteroatoms. The van der Waals surface area contributed by atoms with Crippen molar-refractivity contribution in [2.24, 2.45) is 0 Å². The molecule has 2 heterocycles. The molecular formula is C13H18BN3O4. The van der Waals surface area contributed by atoms with Gasteiger partial charge >= 0.3 is 0 Å². The highest BCUT2D eigenvalue weighted by atomic mass is 16.8. The molecule has 0 saturated carbocycles. The molecule has 7 nitrogen and oxygen atoms in total. The van der Waals surface area contributed by atoms with E-state index >= 15 is 0 Å². The van der Waals surface area contributed by atoms with Gasteiger partial charge in [-0.2, -0.15) is 5.10 Å². The molecule has 2 radical (unpaired) electrons. The second-order valence-corrected chi connectivity index (χ2v) is 5.67. The average Bonchev–Trinajstić information content (AvgIpc) is 2.66. The minimum atomic E-state index is -2.81. The van der Waals surface area contributed by atoms with E-state index in [0.29, 0.717) is 12.8 Å². The van der Waals surface area contributed by atoms with Gasteiger partial charge in [0.1, 0.15) is 0 Å². The number of pyridine rings is 1. The van der Waals surface area contributed by atoms with Gasteiger partial charge in [-0.05, 0) is 38.8 Å². The predicted molar refractivity (Wildman–Crippen MR) is 77.8 cm³/mol. The van der Waals surface area contributed by atoms with Gasteiger partial charge in [-0.1, -0.05) is 0 Å². The molecule has 2 aromatic rings. The van der Waals surface area contributed by atoms with E-state index in [2.05, 4.69) is 5.10 Å². The summed E-state index contributed by atoms with van der Waals surface area (Å²) < 4.78 is 6.22. The lowest BCUT2D eigenvalue weighted by molar-refractivity contribution is -0.223. The third kappa shape index (κ3) is 4.35. The van der Waals surface area contributed by atoms with Crippen LogP contribution in [0.3, 0.4) is 0 Å². The van der Waals surface area contributed by atoms with Crippen molar-refractivity contribution in [3.63, 3.8) is 0 Å². The summed E-state index contributed by atoms with van der Waals surface area (Å²) in [7, 11) is 4.96. The quantitative estimate of drug-likeness (QED) is 0.447. The predicted octanol–water partition coefficient (Wildman–Crippen LogP) is -0.237. The molecule has 21 heavy (non-hydrogen) atoms. The number of nitrogens with zero attached hydrogens (tertiary/aromatic N) is 2. The van der Waals surface area contributed by atoms with Crippen molar-refractivity contribution in [3.05, 3.63) is 24.0 Å². The number of hydrogen-bond acceptors (Lipinski definition) is 6. The van der Waals surface area contributed by atoms with Crippen molar-refractivity contribution in [2.45, 2.75) is 38.2 Å². The Kier molecular flexibility index (Phi) is 3.88. The maximum absolute atomic E-state index is 9.73. The van der Waals surface area contributed by atoms with Gasteiger partial charge in [0.15, 0.2) is 5.75 Å². The highest BCUT2D eigenvalue weighted by molar-refractivity contribution is 6.12. The zero-order valence-electron chi connectivity index (χ0n) is 11.9. The number of nitrogen functional groups attached to an aromatic ring is 1. The topological polar surface area (TPSA) is 113 Å². The molecular weight excluding hydrogens is 273 g/mol. The molecule has 0 amide bonds. The summed E-state index contributed by atoms with van der Waals surface area (Å²) in [6.07, 6.45) is 2.57. The summed E-state index contributed by atoms with van der Waals surface area (Å²) in [5.41, 5.74) is 6.70. The van der Waals surface area contributed by atoms with E-state index in [0.717, 1.165) is 11.2 Å². The summed E-state index contributed by atoms with van der Waals surface area (Å²) in [5, 5.41) is 32.1. The first kappa shape index (κ1) is 15.6. The largest absolute Gasteiger partial charge is 0.445 e. The Morgan fingerprint density at radius 1 is 1.33 bits per heavy atom. The van der Waals surface area contributed by atoms with Crippen LogP contribution >= 0.6 is 0 Å². The minimum Gasteiger partial charge on any atom is -0.445 e. The van der Waals surface area contributed by atoms with Crippen molar-refractivity contribution < 1.29 is 20.1 Å². The van der Waals surface area contributed by atoms with E-state index in [9.17, 15) is 5.11 Å². The SMILES string of the molecule is [B]C(O)(O)Oc1cn2nc(CCC(C)(C)O)cc2cc1N. The van der Waals surface area contributed by atoms with Crippen LogP contribution < -0.4 is 10.5 Å². The molecule has 112 valence electrons. The third-order valence-electron chi connectivity index (χ3n) is 2.90. The second kappa shape index (κ2) is 5.21. The second-order valence-electron chi connectivity index (χ2n) is 5.67. The zero-order valence-corrected chi connectivity index (χ0v) is 11.9. The van der Waals surface area contributed by atoms with Gasteiger partial charge in [-0.15, -0.1) is 0 Å². The van der Waals surface area contributed by atoms with Crippen LogP contribution in [0, 0.1) is 0 Å². The number of aryl methyl sites for hydroxylation is 1. The molecule has 0 aliphatic rings. The van der Waals surface area contributed by atoms with Gasteiger partial charge < -0.3 is 25.8 Å². The first-order valence-corrected chi connectivity index (χ1v) is 6.46. The van der Waals surface area contributed by atoms with Crippen LogP contribution in [0.1, 0.15) is 26.0 Å². The van der Waals surface area contributed by atoms with E-state index in [-0.39, 0.29) is 11.4 Å². The zero-order chi connectivity index (χ0) is 15.8. The summed E-state index contributed by atoms with van der Waals surface area (Å²) in [6, 6.07) is 3.42. The van der Waals surface area contributed by atoms with Crippen molar-refractivity contribution in [3.8, 4) is 5.75 Å². The summed E-state index contributed by atoms with van der Waals surface area (Å²) in [5.74, 6) is -2.80. The fraction of sp³-hybridized carbons (Fsp3) is 0.462. The normalized spacial score (nSPS) is 12.8. The van der Waals surface area contributed by atoms with Gasteiger partial charge in [0, 0.05) is 0 Å². The maximum atomic E-state index is 9.73. The molecule has 0 atom stereocenters. The molecule has 2 aromatic heterocycles. The number of anilines is 1. The fourth-order valence-electron chi connectivity index (χ4n) is 1.89. The Morgan fingerprint density at radius 3 is 2.57 bits per heavy atom. The van der Waals surface area contributed by atoms with Gasteiger partial charge in [0.05, 0.1) is 28.7 Å². The number of rotatable bonds is 5. The van der Waals surface area contributed by atoms with E-state index in [1.54, 1.807) is 19.9 Å². The van der Waals surface area contributed by atoms with E-state index < -0.39 is 11.5 Å². The first-order chi connectivity index (χ1) is 9.53. The van der Waals surface area contributed by atoms with Crippen LogP contribution in [0.4, 0.5) is 5.69 Å². The van der Waals surface area contributed by atoms with Crippen molar-refractivity contribution in [1.29, 1.82) is 0 Å². The molecule has 0 spiro atoms. The lowest BCUT2D eigenvalue weighted by Crippen LogP contribution is -2.35. The fourth-order valence-corrected chi connectivity index (χ4v) is 1.89. The van der Waals surface area contributed by atoms with Crippen molar-refractivity contribution >= 4 is 19.1 Å². The summed E-state index contributed by atoms with van der Waals surface area (Å²) in [6.45, 7) is 3.46. The summed E-state index contributed by atoms with van der Waals surface area (Å²) in [4.78, 5) is 0. The Bertz CT molecular complexity index is 643. The maximum Gasteiger partial charge on any atom is 0.259 e. The monoisotopic (exact) mass is 291 g/mol. The van der Waals surface area contributed by atoms with Crippen LogP contribution in [0.15, 0.2) is 18.3 Å². The number of hydrogen-bond donors (Lipinski definition) is 4. The Balaban J connectivity index is 2.27. The number of aliphatic hydroxyl groups is 3. The molecule has 5 N–H and O–H groups in total. The van der Waals surface area contributed by atoms with Crippen LogP contribution in [-0.2, 0) is 6.42 Å². The molecule has 0 fully saturated rings. The van der Waals surface area contributed by atoms with Crippen LogP contribution in [0.2, 0.25) is 0 Å². The van der Waals surface area contributed by atoms with Gasteiger partial charge in [-0.3, -0.25) is 0 Å². The molecule has 0 saturated heterocycles. The van der Waals surface area contributed by atoms with Crippen LogP contribution in [-0.4, -0.2) is 44.3 Å². The van der Waals surface area contributed by atoms with E-state index in [4.69, 9.17) is 28.5 Å². The highest BCUT2D eigenvalue weighted by Crippen LogP contribution is 2.25. The highest BCUT2D eigenvalue weighted by Gasteiger charge is 2.19. The van der Waals surface area contributed by atoms with Crippen LogP contribution in [0.5, 0.6) is 5.75 Å². The van der Waals surface area contributed by atoms with E-state index in [1.165, 1.54) is 10.7 Å². The summed E-state index contributed by atoms with van der Waals surface area (Å²) >= 11 is 0. The lowest BCUT2D eigenvalue weighted by Gasteiger charge is -2.19. The van der Waals surface area contributed by atoms with Gasteiger partial charge in [-0.25, -0.2) is 4.52 Å². The Morgan fingerprint density at radius 2 is 2.00 bits per heavy atom. The van der Waals surface area contributed by atoms with Crippen molar-refractivity contribution in [1.82, 2.24) is 9.61 Å². The number of ether oxygens (including phenoxy) is 1. The molecule has 0 aromatic carbocycles. The van der Waals surface area contributed by atoms with E-state index in [1.807, 2.05) is 6.07 Å². The van der Waals surface area contributed by atoms with Crippen LogP contribution in [0.25, 0.3) is 5.52 Å². The Labute approximate surface area is 123 Å². The lowest BCUT2D eigenvalue weighted by atomic mass is 10.0. The molecule has 0 aliphatic heterocycles. The van der Waals surface area contributed by atoms with Gasteiger partial charge in [0.2, 0.25) is 7.85 Å². The first-order valence-electron chi connectivity index (χ1n) is 6.46. The van der Waals surface area contributed by atoms with Crippen molar-refractivity contribution in [2.75, 3.05) is 5.73 Å². The minimum absolute atomic E-state index is 0.00661. The number of aromatic nitrogens is 2. The smallest absolute Gasteiger partial charge is 0.259 e.